The van der Waals surface area contributed by atoms with E-state index in [9.17, 15) is 14.4 Å². The fourth-order valence-electron chi connectivity index (χ4n) is 2.17. The third-order valence-electron chi connectivity index (χ3n) is 2.99. The number of primary amides is 1. The Kier molecular flexibility index (Phi) is 3.87. The SMILES string of the molecule is CC1CC(=O)N(N(C)[C@H](C(N)=O)C(C)C)C1=O. The summed E-state index contributed by atoms with van der Waals surface area (Å²) in [6, 6.07) is -0.659. The van der Waals surface area contributed by atoms with Gasteiger partial charge in [0.15, 0.2) is 0 Å². The minimum atomic E-state index is -0.659. The number of amides is 3. The van der Waals surface area contributed by atoms with Crippen LogP contribution in [0.1, 0.15) is 27.2 Å². The average molecular weight is 241 g/mol. The van der Waals surface area contributed by atoms with Crippen molar-refractivity contribution in [2.45, 2.75) is 33.2 Å². The second-order valence-electron chi connectivity index (χ2n) is 4.81. The van der Waals surface area contributed by atoms with Gasteiger partial charge >= 0.3 is 0 Å². The first-order valence-corrected chi connectivity index (χ1v) is 5.66. The van der Waals surface area contributed by atoms with Crippen LogP contribution < -0.4 is 5.73 Å². The molecule has 1 rings (SSSR count). The van der Waals surface area contributed by atoms with E-state index in [2.05, 4.69) is 0 Å². The largest absolute Gasteiger partial charge is 0.368 e. The molecular formula is C11H19N3O3. The maximum absolute atomic E-state index is 11.8. The highest BCUT2D eigenvalue weighted by Crippen LogP contribution is 2.23. The Hall–Kier alpha value is -1.43. The maximum Gasteiger partial charge on any atom is 0.247 e. The number of hydrazine groups is 1. The Balaban J connectivity index is 2.95. The Morgan fingerprint density at radius 2 is 2.00 bits per heavy atom. The van der Waals surface area contributed by atoms with Crippen molar-refractivity contribution in [3.05, 3.63) is 0 Å². The number of likely N-dealkylation sites (N-methyl/N-ethyl adjacent to an activating group) is 1. The van der Waals surface area contributed by atoms with Crippen LogP contribution in [0.3, 0.4) is 0 Å². The van der Waals surface area contributed by atoms with Gasteiger partial charge in [-0.2, -0.15) is 0 Å². The van der Waals surface area contributed by atoms with Gasteiger partial charge in [0.2, 0.25) is 17.7 Å². The van der Waals surface area contributed by atoms with E-state index >= 15 is 0 Å². The van der Waals surface area contributed by atoms with Crippen LogP contribution in [-0.4, -0.2) is 40.8 Å². The summed E-state index contributed by atoms with van der Waals surface area (Å²) in [5.74, 6) is -1.50. The molecule has 1 aliphatic heterocycles. The zero-order valence-corrected chi connectivity index (χ0v) is 10.6. The van der Waals surface area contributed by atoms with Crippen molar-refractivity contribution in [2.24, 2.45) is 17.6 Å². The van der Waals surface area contributed by atoms with Gasteiger partial charge in [0.1, 0.15) is 6.04 Å². The van der Waals surface area contributed by atoms with Crippen molar-refractivity contribution in [1.82, 2.24) is 10.0 Å². The van der Waals surface area contributed by atoms with Gasteiger partial charge in [0.05, 0.1) is 0 Å². The standard InChI is InChI=1S/C11H19N3O3/c1-6(2)9(10(12)16)13(4)14-8(15)5-7(3)11(14)17/h6-7,9H,5H2,1-4H3,(H2,12,16)/t7?,9-/m0/s1. The van der Waals surface area contributed by atoms with Gasteiger partial charge in [0.25, 0.3) is 0 Å². The number of nitrogens with two attached hydrogens (primary N) is 1. The van der Waals surface area contributed by atoms with Gasteiger partial charge in [-0.3, -0.25) is 14.4 Å². The van der Waals surface area contributed by atoms with Crippen LogP contribution in [0.5, 0.6) is 0 Å². The highest BCUT2D eigenvalue weighted by molar-refractivity contribution is 6.03. The van der Waals surface area contributed by atoms with Crippen molar-refractivity contribution >= 4 is 17.7 Å². The molecule has 1 fully saturated rings. The van der Waals surface area contributed by atoms with Crippen molar-refractivity contribution in [2.75, 3.05) is 7.05 Å². The molecule has 0 aromatic rings. The van der Waals surface area contributed by atoms with Crippen molar-refractivity contribution in [3.8, 4) is 0 Å². The number of rotatable bonds is 4. The smallest absolute Gasteiger partial charge is 0.247 e. The van der Waals surface area contributed by atoms with E-state index in [-0.39, 0.29) is 30.1 Å². The maximum atomic E-state index is 11.8. The van der Waals surface area contributed by atoms with E-state index in [0.29, 0.717) is 0 Å². The molecule has 2 N–H and O–H groups in total. The second-order valence-corrected chi connectivity index (χ2v) is 4.81. The third-order valence-corrected chi connectivity index (χ3v) is 2.99. The van der Waals surface area contributed by atoms with Gasteiger partial charge in [-0.25, -0.2) is 10.0 Å². The highest BCUT2D eigenvalue weighted by Gasteiger charge is 2.42. The summed E-state index contributed by atoms with van der Waals surface area (Å²) in [6.07, 6.45) is 0.187. The molecule has 1 unspecified atom stereocenters. The lowest BCUT2D eigenvalue weighted by Crippen LogP contribution is -2.56. The van der Waals surface area contributed by atoms with Gasteiger partial charge in [-0.1, -0.05) is 20.8 Å². The van der Waals surface area contributed by atoms with E-state index in [0.717, 1.165) is 5.01 Å². The van der Waals surface area contributed by atoms with Crippen LogP contribution in [0, 0.1) is 11.8 Å². The second kappa shape index (κ2) is 4.83. The third kappa shape index (κ3) is 2.46. The van der Waals surface area contributed by atoms with Crippen LogP contribution in [0.15, 0.2) is 0 Å². The number of hydrogen-bond acceptors (Lipinski definition) is 4. The first-order chi connectivity index (χ1) is 7.77. The summed E-state index contributed by atoms with van der Waals surface area (Å²) in [4.78, 5) is 34.9. The summed E-state index contributed by atoms with van der Waals surface area (Å²) < 4.78 is 0. The van der Waals surface area contributed by atoms with Crippen LogP contribution in [-0.2, 0) is 14.4 Å². The predicted octanol–water partition coefficient (Wildman–Crippen LogP) is -0.262. The fraction of sp³-hybridized carbons (Fsp3) is 0.727. The molecule has 1 heterocycles. The zero-order chi connectivity index (χ0) is 13.3. The molecular weight excluding hydrogens is 222 g/mol. The zero-order valence-electron chi connectivity index (χ0n) is 10.6. The van der Waals surface area contributed by atoms with E-state index in [1.807, 2.05) is 13.8 Å². The van der Waals surface area contributed by atoms with Gasteiger partial charge in [-0.05, 0) is 5.92 Å². The van der Waals surface area contributed by atoms with Crippen LogP contribution in [0.2, 0.25) is 0 Å². The highest BCUT2D eigenvalue weighted by atomic mass is 16.2. The first-order valence-electron chi connectivity index (χ1n) is 5.66. The molecule has 3 amide bonds. The number of nitrogens with zero attached hydrogens (tertiary/aromatic N) is 2. The van der Waals surface area contributed by atoms with Gasteiger partial charge in [-0.15, -0.1) is 0 Å². The lowest BCUT2D eigenvalue weighted by Gasteiger charge is -2.34. The molecule has 6 nitrogen and oxygen atoms in total. The monoisotopic (exact) mass is 241 g/mol. The van der Waals surface area contributed by atoms with E-state index in [4.69, 9.17) is 5.73 Å². The fourth-order valence-corrected chi connectivity index (χ4v) is 2.17. The molecule has 2 atom stereocenters. The van der Waals surface area contributed by atoms with Gasteiger partial charge < -0.3 is 5.73 Å². The lowest BCUT2D eigenvalue weighted by molar-refractivity contribution is -0.162. The quantitative estimate of drug-likeness (QED) is 0.687. The molecule has 0 radical (unpaired) electrons. The molecule has 0 aromatic heterocycles. The molecule has 0 spiro atoms. The van der Waals surface area contributed by atoms with E-state index in [1.165, 1.54) is 5.01 Å². The van der Waals surface area contributed by atoms with Crippen LogP contribution in [0.4, 0.5) is 0 Å². The minimum Gasteiger partial charge on any atom is -0.368 e. The summed E-state index contributed by atoms with van der Waals surface area (Å²) in [5, 5.41) is 2.40. The normalized spacial score (nSPS) is 22.7. The first kappa shape index (κ1) is 13.6. The molecule has 1 aliphatic rings. The summed E-state index contributed by atoms with van der Waals surface area (Å²) in [5.41, 5.74) is 5.30. The molecule has 17 heavy (non-hydrogen) atoms. The molecule has 0 saturated carbocycles. The summed E-state index contributed by atoms with van der Waals surface area (Å²) in [6.45, 7) is 5.34. The van der Waals surface area contributed by atoms with Crippen molar-refractivity contribution < 1.29 is 14.4 Å². The Labute approximate surface area is 101 Å². The molecule has 1 saturated heterocycles. The Morgan fingerprint density at radius 3 is 2.29 bits per heavy atom. The molecule has 6 heteroatoms. The molecule has 96 valence electrons. The molecule has 0 bridgehead atoms. The van der Waals surface area contributed by atoms with Crippen LogP contribution in [0.25, 0.3) is 0 Å². The topological polar surface area (TPSA) is 83.7 Å². The van der Waals surface area contributed by atoms with Gasteiger partial charge in [0, 0.05) is 19.4 Å². The average Bonchev–Trinajstić information content (AvgIpc) is 2.39. The molecule has 0 aromatic carbocycles. The minimum absolute atomic E-state index is 0.0750. The van der Waals surface area contributed by atoms with Crippen molar-refractivity contribution in [1.29, 1.82) is 0 Å². The Bertz CT molecular complexity index is 354. The van der Waals surface area contributed by atoms with E-state index in [1.54, 1.807) is 14.0 Å². The van der Waals surface area contributed by atoms with Crippen molar-refractivity contribution in [3.63, 3.8) is 0 Å². The number of hydrogen-bond donors (Lipinski definition) is 1. The predicted molar refractivity (Wildman–Crippen MR) is 61.2 cm³/mol. The summed E-state index contributed by atoms with van der Waals surface area (Å²) in [7, 11) is 1.54. The molecule has 0 aliphatic carbocycles. The van der Waals surface area contributed by atoms with Crippen LogP contribution >= 0.6 is 0 Å². The Morgan fingerprint density at radius 1 is 1.47 bits per heavy atom. The number of carbonyl (C=O) groups excluding carboxylic acids is 3. The number of carbonyl (C=O) groups is 3. The summed E-state index contributed by atoms with van der Waals surface area (Å²) >= 11 is 0. The number of imide groups is 1. The van der Waals surface area contributed by atoms with E-state index < -0.39 is 11.9 Å². The lowest BCUT2D eigenvalue weighted by atomic mass is 10.0.